The minimum absolute atomic E-state index is 0.0858. The van der Waals surface area contributed by atoms with E-state index in [1.807, 2.05) is 18.7 Å². The summed E-state index contributed by atoms with van der Waals surface area (Å²) in [4.78, 5) is 0. The molecule has 0 aromatic heterocycles. The molecule has 2 nitrogen and oxygen atoms in total. The first-order valence-corrected chi connectivity index (χ1v) is 6.25. The van der Waals surface area contributed by atoms with E-state index >= 15 is 0 Å². The van der Waals surface area contributed by atoms with Crippen LogP contribution in [0.2, 0.25) is 0 Å². The molecular formula is C10H23NOS. The van der Waals surface area contributed by atoms with Crippen LogP contribution in [0.5, 0.6) is 0 Å². The lowest BCUT2D eigenvalue weighted by Crippen LogP contribution is -2.40. The maximum absolute atomic E-state index is 8.90. The summed E-state index contributed by atoms with van der Waals surface area (Å²) >= 11 is 1.94. The van der Waals surface area contributed by atoms with Crippen molar-refractivity contribution in [3.05, 3.63) is 0 Å². The lowest BCUT2D eigenvalue weighted by atomic mass is 10.0. The molecule has 0 aromatic rings. The summed E-state index contributed by atoms with van der Waals surface area (Å²) in [7, 11) is 0. The molecule has 0 saturated carbocycles. The zero-order valence-electron chi connectivity index (χ0n) is 8.88. The smallest absolute Gasteiger partial charge is 0.0608 e. The van der Waals surface area contributed by atoms with Crippen LogP contribution in [0.4, 0.5) is 0 Å². The Labute approximate surface area is 86.3 Å². The second-order valence-electron chi connectivity index (χ2n) is 3.88. The van der Waals surface area contributed by atoms with Gasteiger partial charge in [0, 0.05) is 5.54 Å². The average molecular weight is 205 g/mol. The van der Waals surface area contributed by atoms with Crippen molar-refractivity contribution in [2.24, 2.45) is 5.73 Å². The topological polar surface area (TPSA) is 46.2 Å². The number of nitrogens with two attached hydrogens (primary N) is 1. The molecule has 0 saturated heterocycles. The summed E-state index contributed by atoms with van der Waals surface area (Å²) in [6.07, 6.45) is 4.82. The van der Waals surface area contributed by atoms with Crippen LogP contribution in [0.1, 0.15) is 39.5 Å². The molecule has 0 heterocycles. The molecular weight excluding hydrogens is 182 g/mol. The lowest BCUT2D eigenvalue weighted by Gasteiger charge is -2.20. The summed E-state index contributed by atoms with van der Waals surface area (Å²) < 4.78 is 0. The molecule has 1 unspecified atom stereocenters. The lowest BCUT2D eigenvalue weighted by molar-refractivity contribution is 0.206. The van der Waals surface area contributed by atoms with Gasteiger partial charge < -0.3 is 10.8 Å². The van der Waals surface area contributed by atoms with Gasteiger partial charge in [-0.1, -0.05) is 19.8 Å². The quantitative estimate of drug-likeness (QED) is 0.596. The minimum Gasteiger partial charge on any atom is -0.394 e. The molecule has 3 N–H and O–H groups in total. The van der Waals surface area contributed by atoms with Gasteiger partial charge in [0.2, 0.25) is 0 Å². The summed E-state index contributed by atoms with van der Waals surface area (Å²) in [5.41, 5.74) is 5.42. The maximum Gasteiger partial charge on any atom is 0.0608 e. The second kappa shape index (κ2) is 7.65. The van der Waals surface area contributed by atoms with Crippen molar-refractivity contribution >= 4 is 11.8 Å². The first-order valence-electron chi connectivity index (χ1n) is 5.10. The second-order valence-corrected chi connectivity index (χ2v) is 5.11. The number of hydrogen-bond acceptors (Lipinski definition) is 3. The van der Waals surface area contributed by atoms with Gasteiger partial charge in [-0.15, -0.1) is 0 Å². The molecule has 0 aliphatic rings. The largest absolute Gasteiger partial charge is 0.394 e. The maximum atomic E-state index is 8.90. The molecule has 1 atom stereocenters. The molecule has 13 heavy (non-hydrogen) atoms. The Balaban J connectivity index is 3.16. The first kappa shape index (κ1) is 13.3. The third-order valence-corrected chi connectivity index (χ3v) is 3.14. The van der Waals surface area contributed by atoms with Gasteiger partial charge in [-0.25, -0.2) is 0 Å². The van der Waals surface area contributed by atoms with E-state index in [1.54, 1.807) is 0 Å². The highest BCUT2D eigenvalue weighted by Crippen LogP contribution is 2.12. The third kappa shape index (κ3) is 8.60. The molecule has 0 fully saturated rings. The summed E-state index contributed by atoms with van der Waals surface area (Å²) in [6.45, 7) is 4.20. The van der Waals surface area contributed by atoms with Crippen molar-refractivity contribution < 1.29 is 5.11 Å². The van der Waals surface area contributed by atoms with Crippen LogP contribution >= 0.6 is 11.8 Å². The third-order valence-electron chi connectivity index (χ3n) is 2.07. The zero-order chi connectivity index (χ0) is 10.2. The number of thioether (sulfide) groups is 1. The van der Waals surface area contributed by atoms with E-state index in [0.29, 0.717) is 0 Å². The zero-order valence-corrected chi connectivity index (χ0v) is 9.70. The Morgan fingerprint density at radius 1 is 1.31 bits per heavy atom. The highest BCUT2D eigenvalue weighted by Gasteiger charge is 2.15. The number of aliphatic hydroxyl groups is 1. The molecule has 0 amide bonds. The Morgan fingerprint density at radius 3 is 2.54 bits per heavy atom. The van der Waals surface area contributed by atoms with E-state index in [4.69, 9.17) is 10.8 Å². The van der Waals surface area contributed by atoms with Crippen molar-refractivity contribution in [3.63, 3.8) is 0 Å². The summed E-state index contributed by atoms with van der Waals surface area (Å²) in [6, 6.07) is 0. The first-order chi connectivity index (χ1) is 6.12. The average Bonchev–Trinajstić information content (AvgIpc) is 2.11. The SMILES string of the molecule is CCCCCSCCC(C)(N)CO. The van der Waals surface area contributed by atoms with Gasteiger partial charge in [0.25, 0.3) is 0 Å². The van der Waals surface area contributed by atoms with E-state index in [2.05, 4.69) is 6.92 Å². The van der Waals surface area contributed by atoms with Crippen LogP contribution in [-0.4, -0.2) is 28.8 Å². The Kier molecular flexibility index (Phi) is 7.81. The van der Waals surface area contributed by atoms with Gasteiger partial charge in [-0.3, -0.25) is 0 Å². The molecule has 80 valence electrons. The molecule has 0 radical (unpaired) electrons. The molecule has 0 aliphatic carbocycles. The summed E-state index contributed by atoms with van der Waals surface area (Å²) in [5, 5.41) is 8.90. The van der Waals surface area contributed by atoms with Gasteiger partial charge in [-0.05, 0) is 31.3 Å². The van der Waals surface area contributed by atoms with Crippen LogP contribution in [0, 0.1) is 0 Å². The van der Waals surface area contributed by atoms with Crippen molar-refractivity contribution in [1.29, 1.82) is 0 Å². The fourth-order valence-corrected chi connectivity index (χ4v) is 2.16. The monoisotopic (exact) mass is 205 g/mol. The van der Waals surface area contributed by atoms with Crippen molar-refractivity contribution in [2.75, 3.05) is 18.1 Å². The number of unbranched alkanes of at least 4 members (excludes halogenated alkanes) is 2. The van der Waals surface area contributed by atoms with Gasteiger partial charge in [0.1, 0.15) is 0 Å². The molecule has 0 bridgehead atoms. The van der Waals surface area contributed by atoms with Crippen LogP contribution in [0.3, 0.4) is 0 Å². The van der Waals surface area contributed by atoms with Gasteiger partial charge in [0.15, 0.2) is 0 Å². The van der Waals surface area contributed by atoms with Crippen molar-refractivity contribution in [3.8, 4) is 0 Å². The fraction of sp³-hybridized carbons (Fsp3) is 1.00. The Hall–Kier alpha value is 0.270. The summed E-state index contributed by atoms with van der Waals surface area (Å²) in [5.74, 6) is 2.30. The molecule has 0 rings (SSSR count). The molecule has 0 spiro atoms. The van der Waals surface area contributed by atoms with Gasteiger partial charge in [0.05, 0.1) is 6.61 Å². The number of aliphatic hydroxyl groups excluding tert-OH is 1. The van der Waals surface area contributed by atoms with E-state index in [-0.39, 0.29) is 12.1 Å². The standard InChI is InChI=1S/C10H23NOS/c1-3-4-5-7-13-8-6-10(2,11)9-12/h12H,3-9,11H2,1-2H3. The fourth-order valence-electron chi connectivity index (χ4n) is 0.941. The normalized spacial score (nSPS) is 15.7. The van der Waals surface area contributed by atoms with Crippen molar-refractivity contribution in [2.45, 2.75) is 45.1 Å². The highest BCUT2D eigenvalue weighted by molar-refractivity contribution is 7.99. The van der Waals surface area contributed by atoms with Crippen LogP contribution < -0.4 is 5.73 Å². The van der Waals surface area contributed by atoms with Gasteiger partial charge >= 0.3 is 0 Å². The van der Waals surface area contributed by atoms with Crippen LogP contribution in [0.15, 0.2) is 0 Å². The van der Waals surface area contributed by atoms with Crippen LogP contribution in [-0.2, 0) is 0 Å². The van der Waals surface area contributed by atoms with E-state index < -0.39 is 0 Å². The van der Waals surface area contributed by atoms with Gasteiger partial charge in [-0.2, -0.15) is 11.8 Å². The van der Waals surface area contributed by atoms with E-state index in [9.17, 15) is 0 Å². The Morgan fingerprint density at radius 2 is 2.00 bits per heavy atom. The van der Waals surface area contributed by atoms with E-state index in [0.717, 1.165) is 12.2 Å². The molecule has 0 aromatic carbocycles. The molecule has 3 heteroatoms. The highest BCUT2D eigenvalue weighted by atomic mass is 32.2. The predicted molar refractivity (Wildman–Crippen MR) is 61.1 cm³/mol. The predicted octanol–water partition coefficient (Wildman–Crippen LogP) is 2.01. The number of hydrogen-bond donors (Lipinski definition) is 2. The van der Waals surface area contributed by atoms with Crippen molar-refractivity contribution in [1.82, 2.24) is 0 Å². The Bertz CT molecular complexity index is 117. The molecule has 0 aliphatic heterocycles. The van der Waals surface area contributed by atoms with Crippen LogP contribution in [0.25, 0.3) is 0 Å². The van der Waals surface area contributed by atoms with E-state index in [1.165, 1.54) is 25.0 Å². The minimum atomic E-state index is -0.377. The number of rotatable bonds is 8.